The number of rotatable bonds is 15. The van der Waals surface area contributed by atoms with Crippen LogP contribution in [0.1, 0.15) is 99.6 Å². The number of alkyl halides is 2. The number of nitrogens with zero attached hydrogens (tertiary/aromatic N) is 2. The Bertz CT molecular complexity index is 1770. The molecule has 2 aliphatic heterocycles. The summed E-state index contributed by atoms with van der Waals surface area (Å²) in [5, 5.41) is 17.2. The molecule has 2 saturated heterocycles. The van der Waals surface area contributed by atoms with Crippen LogP contribution in [0.4, 0.5) is 8.78 Å². The van der Waals surface area contributed by atoms with E-state index >= 15 is 8.78 Å². The zero-order valence-electron chi connectivity index (χ0n) is 35.0. The number of carbonyl (C=O) groups excluding carboxylic acids is 6. The highest BCUT2D eigenvalue weighted by atomic mass is 19.1. The number of fused-ring (bicyclic) bond motifs is 2. The molecule has 0 bridgehead atoms. The summed E-state index contributed by atoms with van der Waals surface area (Å²) in [6.07, 6.45) is 0.952. The van der Waals surface area contributed by atoms with Gasteiger partial charge in [-0.1, -0.05) is 48.5 Å². The Labute approximate surface area is 350 Å². The van der Waals surface area contributed by atoms with Gasteiger partial charge in [0.1, 0.15) is 36.5 Å². The van der Waals surface area contributed by atoms with Gasteiger partial charge in [-0.05, 0) is 102 Å². The fraction of sp³-hybridized carbons (Fsp3) is 0.591. The molecule has 0 radical (unpaired) electrons. The van der Waals surface area contributed by atoms with Crippen LogP contribution in [-0.4, -0.2) is 121 Å². The highest BCUT2D eigenvalue weighted by Crippen LogP contribution is 2.33. The summed E-state index contributed by atoms with van der Waals surface area (Å²) >= 11 is 0. The third kappa shape index (κ3) is 10.3. The molecule has 14 nitrogen and oxygen atoms in total. The van der Waals surface area contributed by atoms with E-state index in [0.29, 0.717) is 12.8 Å². The van der Waals surface area contributed by atoms with Crippen LogP contribution >= 0.6 is 0 Å². The lowest BCUT2D eigenvalue weighted by Gasteiger charge is -2.33. The van der Waals surface area contributed by atoms with Crippen molar-refractivity contribution in [2.24, 2.45) is 0 Å². The predicted molar refractivity (Wildman–Crippen MR) is 221 cm³/mol. The second-order valence-corrected chi connectivity index (χ2v) is 16.7. The van der Waals surface area contributed by atoms with E-state index < -0.39 is 84.0 Å². The predicted octanol–water partition coefficient (Wildman–Crippen LogP) is 2.22. The highest BCUT2D eigenvalue weighted by Gasteiger charge is 2.46. The van der Waals surface area contributed by atoms with Crippen molar-refractivity contribution in [3.05, 3.63) is 70.8 Å². The van der Waals surface area contributed by atoms with Crippen LogP contribution in [0.15, 0.2) is 48.5 Å². The minimum atomic E-state index is -1.50. The molecule has 0 saturated carbocycles. The van der Waals surface area contributed by atoms with E-state index in [4.69, 9.17) is 0 Å². The molecule has 6 amide bonds. The van der Waals surface area contributed by atoms with E-state index in [0.717, 1.165) is 57.7 Å². The first-order valence-electron chi connectivity index (χ1n) is 21.4. The molecule has 0 aromatic heterocycles. The molecule has 6 rings (SSSR count). The molecule has 326 valence electrons. The monoisotopic (exact) mass is 834 g/mol. The van der Waals surface area contributed by atoms with Gasteiger partial charge in [0.15, 0.2) is 0 Å². The van der Waals surface area contributed by atoms with Crippen LogP contribution in [0.3, 0.4) is 0 Å². The fourth-order valence-electron chi connectivity index (χ4n) is 9.00. The van der Waals surface area contributed by atoms with E-state index in [1.165, 1.54) is 0 Å². The Morgan fingerprint density at radius 2 is 1.02 bits per heavy atom. The summed E-state index contributed by atoms with van der Waals surface area (Å²) in [5.74, 6) is -3.54. The van der Waals surface area contributed by atoms with Crippen LogP contribution in [0.2, 0.25) is 0 Å². The zero-order chi connectivity index (χ0) is 43.1. The SMILES string of the molecule is CN[C@@H](C)C(=O)N[C@@H](CC[C@H](NC(=O)[C@H](C)NC)C(=O)N1C[C@@H](F)C[C@H]1C(=O)N[C@@H]1CCCc2ccccc21)C(=O)N1C[C@H](F)C[C@H]1C(=O)N[C@@H]1CCCc2ccccc21. The third-order valence-corrected chi connectivity index (χ3v) is 12.7. The zero-order valence-corrected chi connectivity index (χ0v) is 35.0. The lowest BCUT2D eigenvalue weighted by molar-refractivity contribution is -0.143. The Balaban J connectivity index is 1.21. The molecule has 0 spiro atoms. The lowest BCUT2D eigenvalue weighted by atomic mass is 9.87. The summed E-state index contributed by atoms with van der Waals surface area (Å²) in [5.41, 5.74) is 4.21. The van der Waals surface area contributed by atoms with Crippen molar-refractivity contribution in [2.45, 2.75) is 139 Å². The first-order valence-corrected chi connectivity index (χ1v) is 21.4. The molecule has 60 heavy (non-hydrogen) atoms. The smallest absolute Gasteiger partial charge is 0.245 e. The molecule has 6 N–H and O–H groups in total. The lowest BCUT2D eigenvalue weighted by Crippen LogP contribution is -2.58. The number of carbonyl (C=O) groups is 6. The fourth-order valence-corrected chi connectivity index (χ4v) is 9.00. The Hall–Kier alpha value is -4.96. The maximum absolute atomic E-state index is 15.2. The first-order chi connectivity index (χ1) is 28.8. The maximum atomic E-state index is 15.2. The second kappa shape index (κ2) is 20.1. The number of likely N-dealkylation sites (N-methyl/N-ethyl adjacent to an activating group) is 2. The molecule has 10 atom stereocenters. The van der Waals surface area contributed by atoms with Gasteiger partial charge in [0, 0.05) is 12.8 Å². The van der Waals surface area contributed by atoms with Gasteiger partial charge in [-0.2, -0.15) is 0 Å². The number of hydrogen-bond acceptors (Lipinski definition) is 8. The summed E-state index contributed by atoms with van der Waals surface area (Å²) in [7, 11) is 3.14. The Morgan fingerprint density at radius 3 is 1.40 bits per heavy atom. The molecular weight excluding hydrogens is 775 g/mol. The number of likely N-dealkylation sites (tertiary alicyclic amines) is 2. The summed E-state index contributed by atoms with van der Waals surface area (Å²) in [4.78, 5) is 85.6. The number of halogens is 2. The van der Waals surface area contributed by atoms with Crippen LogP contribution in [0, 0.1) is 0 Å². The average molecular weight is 835 g/mol. The van der Waals surface area contributed by atoms with Gasteiger partial charge >= 0.3 is 0 Å². The largest absolute Gasteiger partial charge is 0.347 e. The van der Waals surface area contributed by atoms with Crippen LogP contribution < -0.4 is 31.9 Å². The molecular formula is C44H60F2N8O6. The van der Waals surface area contributed by atoms with Crippen molar-refractivity contribution in [2.75, 3.05) is 27.2 Å². The molecule has 2 aromatic rings. The number of hydrogen-bond donors (Lipinski definition) is 6. The molecule has 16 heteroatoms. The first kappa shape index (κ1) is 44.6. The number of benzene rings is 2. The van der Waals surface area contributed by atoms with Crippen molar-refractivity contribution >= 4 is 35.4 Å². The van der Waals surface area contributed by atoms with E-state index in [1.807, 2.05) is 48.5 Å². The van der Waals surface area contributed by atoms with Gasteiger partial charge in [0.2, 0.25) is 35.4 Å². The third-order valence-electron chi connectivity index (χ3n) is 12.7. The van der Waals surface area contributed by atoms with Gasteiger partial charge < -0.3 is 41.7 Å². The standard InChI is InChI=1S/C44H60F2N8O6/c1-25(47-3)39(55)51-35(43(59)53-23-29(45)21-37(53)41(57)49-33-17-9-13-27-11-5-7-15-31(27)33)19-20-36(52-40(56)26(2)48-4)44(60)54-24-30(46)22-38(54)42(58)50-34-18-10-14-28-12-6-8-16-32(28)34/h5-8,11-12,15-16,25-26,29-30,33-38,47-48H,9-10,13-14,17-24H2,1-4H3,(H,49,57)(H,50,58)(H,51,55)(H,52,56)/t25-,26-,29-,30+,33+,34+,35-,36-,37-,38-/m0/s1. The Morgan fingerprint density at radius 1 is 0.633 bits per heavy atom. The highest BCUT2D eigenvalue weighted by molar-refractivity contribution is 5.95. The van der Waals surface area contributed by atoms with Gasteiger partial charge in [0.25, 0.3) is 0 Å². The van der Waals surface area contributed by atoms with Gasteiger partial charge in [0.05, 0.1) is 37.3 Å². The summed E-state index contributed by atoms with van der Waals surface area (Å²) in [6, 6.07) is 8.55. The van der Waals surface area contributed by atoms with E-state index in [2.05, 4.69) is 31.9 Å². The van der Waals surface area contributed by atoms with Crippen LogP contribution in [-0.2, 0) is 41.6 Å². The number of aryl methyl sites for hydroxylation is 2. The molecule has 2 aromatic carbocycles. The topological polar surface area (TPSA) is 181 Å². The van der Waals surface area contributed by atoms with E-state index in [9.17, 15) is 28.8 Å². The summed E-state index contributed by atoms with van der Waals surface area (Å²) < 4.78 is 30.5. The second-order valence-electron chi connectivity index (χ2n) is 16.7. The van der Waals surface area contributed by atoms with Crippen molar-refractivity contribution in [3.8, 4) is 0 Å². The minimum absolute atomic E-state index is 0.216. The molecule has 4 aliphatic rings. The molecule has 2 heterocycles. The molecule has 2 aliphatic carbocycles. The normalized spacial score (nSPS) is 25.5. The van der Waals surface area contributed by atoms with E-state index in [1.54, 1.807) is 27.9 Å². The van der Waals surface area contributed by atoms with Crippen molar-refractivity contribution in [1.29, 1.82) is 0 Å². The maximum Gasteiger partial charge on any atom is 0.245 e. The summed E-state index contributed by atoms with van der Waals surface area (Å²) in [6.45, 7) is 2.43. The van der Waals surface area contributed by atoms with E-state index in [-0.39, 0.29) is 50.9 Å². The van der Waals surface area contributed by atoms with Crippen molar-refractivity contribution in [3.63, 3.8) is 0 Å². The molecule has 0 unspecified atom stereocenters. The minimum Gasteiger partial charge on any atom is -0.347 e. The Kier molecular flexibility index (Phi) is 14.9. The number of nitrogens with one attached hydrogen (secondary N) is 6. The average Bonchev–Trinajstić information content (AvgIpc) is 3.86. The van der Waals surface area contributed by atoms with Crippen LogP contribution in [0.5, 0.6) is 0 Å². The van der Waals surface area contributed by atoms with Gasteiger partial charge in [-0.3, -0.25) is 28.8 Å². The van der Waals surface area contributed by atoms with Gasteiger partial charge in [-0.15, -0.1) is 0 Å². The molecule has 2 fully saturated rings. The van der Waals surface area contributed by atoms with Crippen molar-refractivity contribution in [1.82, 2.24) is 41.7 Å². The van der Waals surface area contributed by atoms with Gasteiger partial charge in [-0.25, -0.2) is 8.78 Å². The van der Waals surface area contributed by atoms with Crippen molar-refractivity contribution < 1.29 is 37.5 Å². The quantitative estimate of drug-likeness (QED) is 0.158. The number of amides is 6. The van der Waals surface area contributed by atoms with Crippen LogP contribution in [0.25, 0.3) is 0 Å².